The van der Waals surface area contributed by atoms with Gasteiger partial charge in [-0.05, 0) is 50.8 Å². The number of phenolic OH excluding ortho intramolecular Hbond substituents is 1. The Hall–Kier alpha value is -2.01. The smallest absolute Gasteiger partial charge is 0.317 e. The molecular weight excluding hydrogens is 314 g/mol. The van der Waals surface area contributed by atoms with Crippen LogP contribution in [-0.4, -0.2) is 59.7 Å². The number of phenols is 1. The average molecular weight is 345 g/mol. The van der Waals surface area contributed by atoms with Crippen LogP contribution in [0.1, 0.15) is 32.3 Å². The van der Waals surface area contributed by atoms with Crippen LogP contribution in [0.2, 0.25) is 0 Å². The van der Waals surface area contributed by atoms with Crippen LogP contribution in [0.3, 0.4) is 0 Å². The van der Waals surface area contributed by atoms with Gasteiger partial charge in [-0.25, -0.2) is 4.79 Å². The second-order valence-corrected chi connectivity index (χ2v) is 7.29. The molecule has 1 aromatic rings. The van der Waals surface area contributed by atoms with Gasteiger partial charge < -0.3 is 15.3 Å². The van der Waals surface area contributed by atoms with Gasteiger partial charge in [-0.15, -0.1) is 0 Å². The largest absolute Gasteiger partial charge is 0.508 e. The Balaban J connectivity index is 1.78. The summed E-state index contributed by atoms with van der Waals surface area (Å²) in [5.41, 5.74) is 2.29. The van der Waals surface area contributed by atoms with Gasteiger partial charge in [-0.3, -0.25) is 4.90 Å². The normalized spacial score (nSPS) is 17.1. The van der Waals surface area contributed by atoms with Crippen molar-refractivity contribution in [1.29, 1.82) is 0 Å². The Morgan fingerprint density at radius 3 is 2.52 bits per heavy atom. The number of likely N-dealkylation sites (N-methyl/N-ethyl adjacent to an activating group) is 1. The Morgan fingerprint density at radius 1 is 1.36 bits per heavy atom. The third-order valence-electron chi connectivity index (χ3n) is 4.86. The van der Waals surface area contributed by atoms with Gasteiger partial charge in [0.1, 0.15) is 5.75 Å². The molecule has 2 amide bonds. The molecule has 5 nitrogen and oxygen atoms in total. The zero-order valence-corrected chi connectivity index (χ0v) is 15.7. The maximum atomic E-state index is 12.5. The lowest BCUT2D eigenvalue weighted by molar-refractivity contribution is 0.173. The van der Waals surface area contributed by atoms with Gasteiger partial charge in [-0.1, -0.05) is 24.3 Å². The fourth-order valence-electron chi connectivity index (χ4n) is 3.20. The van der Waals surface area contributed by atoms with Gasteiger partial charge in [-0.2, -0.15) is 0 Å². The van der Waals surface area contributed by atoms with Crippen LogP contribution in [0, 0.1) is 0 Å². The Labute approximate surface area is 151 Å². The predicted octanol–water partition coefficient (Wildman–Crippen LogP) is 3.01. The number of urea groups is 1. The summed E-state index contributed by atoms with van der Waals surface area (Å²) in [6.45, 7) is 11.0. The second-order valence-electron chi connectivity index (χ2n) is 7.29. The molecule has 0 aromatic heterocycles. The lowest BCUT2D eigenvalue weighted by Gasteiger charge is -2.34. The molecule has 138 valence electrons. The highest BCUT2D eigenvalue weighted by molar-refractivity contribution is 5.74. The third-order valence-corrected chi connectivity index (χ3v) is 4.86. The fourth-order valence-corrected chi connectivity index (χ4v) is 3.20. The summed E-state index contributed by atoms with van der Waals surface area (Å²) in [7, 11) is 1.84. The second kappa shape index (κ2) is 8.90. The maximum absolute atomic E-state index is 12.5. The number of benzene rings is 1. The van der Waals surface area contributed by atoms with Crippen LogP contribution in [0.5, 0.6) is 5.75 Å². The van der Waals surface area contributed by atoms with E-state index in [-0.39, 0.29) is 23.9 Å². The van der Waals surface area contributed by atoms with E-state index in [0.29, 0.717) is 0 Å². The van der Waals surface area contributed by atoms with Crippen molar-refractivity contribution >= 4 is 6.03 Å². The number of hydrogen-bond acceptors (Lipinski definition) is 3. The summed E-state index contributed by atoms with van der Waals surface area (Å²) in [4.78, 5) is 16.7. The van der Waals surface area contributed by atoms with Gasteiger partial charge in [0, 0.05) is 38.8 Å². The van der Waals surface area contributed by atoms with Crippen molar-refractivity contribution in [1.82, 2.24) is 15.1 Å². The summed E-state index contributed by atoms with van der Waals surface area (Å²) >= 11 is 0. The molecule has 5 heteroatoms. The summed E-state index contributed by atoms with van der Waals surface area (Å²) in [6, 6.07) is 7.49. The van der Waals surface area contributed by atoms with Crippen LogP contribution < -0.4 is 5.32 Å². The molecule has 1 fully saturated rings. The van der Waals surface area contributed by atoms with Crippen molar-refractivity contribution in [2.75, 3.05) is 26.7 Å². The molecule has 0 unspecified atom stereocenters. The predicted molar refractivity (Wildman–Crippen MR) is 102 cm³/mol. The maximum Gasteiger partial charge on any atom is 0.317 e. The molecule has 0 spiro atoms. The number of rotatable bonds is 6. The zero-order valence-electron chi connectivity index (χ0n) is 15.7. The molecule has 0 saturated carbocycles. The molecular formula is C20H31N3O2. The molecule has 2 N–H and O–H groups in total. The number of piperidine rings is 1. The van der Waals surface area contributed by atoms with Gasteiger partial charge >= 0.3 is 6.03 Å². The van der Waals surface area contributed by atoms with E-state index in [1.807, 2.05) is 26.1 Å². The molecule has 1 heterocycles. The first-order valence-electron chi connectivity index (χ1n) is 9.03. The van der Waals surface area contributed by atoms with E-state index < -0.39 is 0 Å². The van der Waals surface area contributed by atoms with Crippen molar-refractivity contribution in [2.24, 2.45) is 0 Å². The molecule has 25 heavy (non-hydrogen) atoms. The number of nitrogens with one attached hydrogen (secondary N) is 1. The number of hydrogen-bond donors (Lipinski definition) is 2. The van der Waals surface area contributed by atoms with Crippen molar-refractivity contribution < 1.29 is 9.90 Å². The highest BCUT2D eigenvalue weighted by Gasteiger charge is 2.23. The monoisotopic (exact) mass is 345 g/mol. The minimum absolute atomic E-state index is 0.00960. The van der Waals surface area contributed by atoms with Crippen molar-refractivity contribution in [2.45, 2.75) is 45.2 Å². The van der Waals surface area contributed by atoms with Crippen molar-refractivity contribution in [3.05, 3.63) is 42.0 Å². The van der Waals surface area contributed by atoms with Gasteiger partial charge in [0.05, 0.1) is 0 Å². The van der Waals surface area contributed by atoms with Crippen molar-refractivity contribution in [3.8, 4) is 5.75 Å². The van der Waals surface area contributed by atoms with E-state index in [2.05, 4.69) is 23.7 Å². The lowest BCUT2D eigenvalue weighted by atomic mass is 10.0. The first kappa shape index (κ1) is 19.3. The van der Waals surface area contributed by atoms with E-state index in [9.17, 15) is 9.90 Å². The van der Waals surface area contributed by atoms with Gasteiger partial charge in [0.2, 0.25) is 0 Å². The SMILES string of the molecule is C=C(C)CN1CCC(NC(=O)N(C)[C@H](C)Cc2ccc(O)cc2)CC1. The van der Waals surface area contributed by atoms with Crippen LogP contribution in [-0.2, 0) is 6.42 Å². The van der Waals surface area contributed by atoms with E-state index >= 15 is 0 Å². The lowest BCUT2D eigenvalue weighted by Crippen LogP contribution is -2.50. The molecule has 1 saturated heterocycles. The quantitative estimate of drug-likeness (QED) is 0.779. The summed E-state index contributed by atoms with van der Waals surface area (Å²) in [5, 5.41) is 12.5. The molecule has 1 atom stereocenters. The number of likely N-dealkylation sites (tertiary alicyclic amines) is 1. The number of carbonyl (C=O) groups excluding carboxylic acids is 1. The minimum atomic E-state index is -0.00960. The number of aromatic hydroxyl groups is 1. The molecule has 0 radical (unpaired) electrons. The first-order valence-corrected chi connectivity index (χ1v) is 9.03. The Morgan fingerprint density at radius 2 is 1.96 bits per heavy atom. The molecule has 1 aliphatic heterocycles. The molecule has 0 aliphatic carbocycles. The zero-order chi connectivity index (χ0) is 18.4. The summed E-state index contributed by atoms with van der Waals surface area (Å²) in [5.74, 6) is 0.264. The highest BCUT2D eigenvalue weighted by atomic mass is 16.3. The third kappa shape index (κ3) is 6.09. The van der Waals surface area contributed by atoms with Gasteiger partial charge in [0.25, 0.3) is 0 Å². The molecule has 1 aromatic carbocycles. The van der Waals surface area contributed by atoms with E-state index in [1.54, 1.807) is 17.0 Å². The standard InChI is InChI=1S/C20H31N3O2/c1-15(2)14-23-11-9-18(10-12-23)21-20(25)22(4)16(3)13-17-5-7-19(24)8-6-17/h5-8,16,18,24H,1,9-14H2,2-4H3,(H,21,25)/t16-/m1/s1. The number of amides is 2. The first-order chi connectivity index (χ1) is 11.8. The topological polar surface area (TPSA) is 55.8 Å². The number of nitrogens with zero attached hydrogens (tertiary/aromatic N) is 2. The van der Waals surface area contributed by atoms with Crippen LogP contribution in [0.15, 0.2) is 36.4 Å². The summed E-state index contributed by atoms with van der Waals surface area (Å²) in [6.07, 6.45) is 2.74. The summed E-state index contributed by atoms with van der Waals surface area (Å²) < 4.78 is 0. The Bertz CT molecular complexity index is 577. The number of carbonyl (C=O) groups is 1. The van der Waals surface area contributed by atoms with Crippen LogP contribution >= 0.6 is 0 Å². The van der Waals surface area contributed by atoms with Crippen LogP contribution in [0.25, 0.3) is 0 Å². The van der Waals surface area contributed by atoms with E-state index in [0.717, 1.165) is 44.5 Å². The van der Waals surface area contributed by atoms with Gasteiger partial charge in [0.15, 0.2) is 0 Å². The van der Waals surface area contributed by atoms with E-state index in [4.69, 9.17) is 0 Å². The minimum Gasteiger partial charge on any atom is -0.508 e. The fraction of sp³-hybridized carbons (Fsp3) is 0.550. The highest BCUT2D eigenvalue weighted by Crippen LogP contribution is 2.15. The van der Waals surface area contributed by atoms with E-state index in [1.165, 1.54) is 5.57 Å². The van der Waals surface area contributed by atoms with Crippen LogP contribution in [0.4, 0.5) is 4.79 Å². The van der Waals surface area contributed by atoms with Crippen molar-refractivity contribution in [3.63, 3.8) is 0 Å². The Kier molecular flexibility index (Phi) is 6.88. The molecule has 1 aliphatic rings. The molecule has 0 bridgehead atoms. The molecule has 2 rings (SSSR count). The average Bonchev–Trinajstić information content (AvgIpc) is 2.57.